The highest BCUT2D eigenvalue weighted by atomic mass is 32.2. The number of hydrogen-bond acceptors (Lipinski definition) is 8. The standard InChI is InChI=1S/C26H36O8S/c1-5-6-22-33-21-12-18-17-8-7-15-11-16(27)9-10-24(15,2)23(17)19(28)13-25(18,3)26(21,34-22)20(29)14-32-35(4,30)31/h9-11,17-19,21-23,28H,5-8,12-14H2,1-4H3/t17-,18-,19-,21+,22+,23+,24-,25-,26+/m1/s1. The monoisotopic (exact) mass is 508 g/mol. The Morgan fingerprint density at radius 3 is 2.74 bits per heavy atom. The molecule has 35 heavy (non-hydrogen) atoms. The first-order valence-corrected chi connectivity index (χ1v) is 14.5. The number of Topliss-reactive ketones (excluding diaryl/α,β-unsaturated/α-hetero) is 1. The van der Waals surface area contributed by atoms with Crippen LogP contribution < -0.4 is 0 Å². The van der Waals surface area contributed by atoms with Gasteiger partial charge < -0.3 is 14.6 Å². The highest BCUT2D eigenvalue weighted by Crippen LogP contribution is 2.69. The minimum atomic E-state index is -3.82. The smallest absolute Gasteiger partial charge is 0.264 e. The van der Waals surface area contributed by atoms with Crippen molar-refractivity contribution in [3.8, 4) is 0 Å². The topological polar surface area (TPSA) is 116 Å². The van der Waals surface area contributed by atoms with E-state index in [0.29, 0.717) is 19.3 Å². The molecule has 1 saturated heterocycles. The van der Waals surface area contributed by atoms with Crippen LogP contribution >= 0.6 is 0 Å². The van der Waals surface area contributed by atoms with Gasteiger partial charge in [0.05, 0.1) is 18.5 Å². The molecule has 0 aromatic rings. The second-order valence-electron chi connectivity index (χ2n) is 11.5. The molecule has 8 nitrogen and oxygen atoms in total. The van der Waals surface area contributed by atoms with Gasteiger partial charge in [-0.2, -0.15) is 8.42 Å². The number of hydrogen-bond donors (Lipinski definition) is 1. The highest BCUT2D eigenvalue weighted by Gasteiger charge is 2.75. The summed E-state index contributed by atoms with van der Waals surface area (Å²) in [4.78, 5) is 25.8. The number of ketones is 2. The van der Waals surface area contributed by atoms with Gasteiger partial charge in [0.25, 0.3) is 10.1 Å². The average Bonchev–Trinajstić information content (AvgIpc) is 3.24. The molecule has 1 N–H and O–H groups in total. The normalized spacial score (nSPS) is 46.4. The second-order valence-corrected chi connectivity index (χ2v) is 13.2. The fourth-order valence-electron chi connectivity index (χ4n) is 8.27. The number of aliphatic hydroxyl groups excluding tert-OH is 1. The van der Waals surface area contributed by atoms with E-state index >= 15 is 0 Å². The van der Waals surface area contributed by atoms with E-state index in [1.54, 1.807) is 12.2 Å². The predicted molar refractivity (Wildman–Crippen MR) is 127 cm³/mol. The summed E-state index contributed by atoms with van der Waals surface area (Å²) in [6, 6.07) is 0. The van der Waals surface area contributed by atoms with Crippen molar-refractivity contribution in [3.63, 3.8) is 0 Å². The Labute approximate surface area is 207 Å². The molecule has 0 unspecified atom stereocenters. The van der Waals surface area contributed by atoms with Crippen molar-refractivity contribution in [2.45, 2.75) is 83.4 Å². The molecule has 1 aliphatic heterocycles. The third-order valence-corrected chi connectivity index (χ3v) is 10.2. The summed E-state index contributed by atoms with van der Waals surface area (Å²) >= 11 is 0. The highest BCUT2D eigenvalue weighted by molar-refractivity contribution is 7.86. The van der Waals surface area contributed by atoms with Gasteiger partial charge in [0.15, 0.2) is 23.5 Å². The summed E-state index contributed by atoms with van der Waals surface area (Å²) in [5.41, 5.74) is -1.47. The predicted octanol–water partition coefficient (Wildman–Crippen LogP) is 2.70. The molecule has 3 saturated carbocycles. The molecule has 194 valence electrons. The summed E-state index contributed by atoms with van der Waals surface area (Å²) in [5.74, 6) is -0.398. The number of ether oxygens (including phenoxy) is 2. The SMILES string of the molecule is CCC[C@H]1O[C@H]2C[C@@H]3[C@H]4CCC5=CC(=O)C=C[C@@]5(C)[C@@H]4[C@H](O)C[C@@]3(C)[C@@]2(C(=O)COS(C)(=O)=O)O1. The molecular formula is C26H36O8S. The third-order valence-electron chi connectivity index (χ3n) is 9.63. The molecule has 9 heteroatoms. The molecule has 4 fully saturated rings. The Bertz CT molecular complexity index is 1090. The quantitative estimate of drug-likeness (QED) is 0.545. The van der Waals surface area contributed by atoms with Crippen LogP contribution in [0.25, 0.3) is 0 Å². The van der Waals surface area contributed by atoms with Crippen LogP contribution in [-0.4, -0.2) is 62.1 Å². The average molecular weight is 509 g/mol. The van der Waals surface area contributed by atoms with Crippen molar-refractivity contribution in [2.75, 3.05) is 12.9 Å². The van der Waals surface area contributed by atoms with Gasteiger partial charge in [-0.05, 0) is 56.1 Å². The Morgan fingerprint density at radius 2 is 2.06 bits per heavy atom. The molecule has 9 atom stereocenters. The Morgan fingerprint density at radius 1 is 1.31 bits per heavy atom. The van der Waals surface area contributed by atoms with Gasteiger partial charge in [0, 0.05) is 16.7 Å². The molecule has 0 bridgehead atoms. The number of carbonyl (C=O) groups is 2. The van der Waals surface area contributed by atoms with E-state index in [-0.39, 0.29) is 23.5 Å². The van der Waals surface area contributed by atoms with Crippen molar-refractivity contribution in [1.82, 2.24) is 0 Å². The zero-order valence-electron chi connectivity index (χ0n) is 20.9. The maximum absolute atomic E-state index is 13.8. The van der Waals surface area contributed by atoms with E-state index in [4.69, 9.17) is 13.7 Å². The first-order valence-electron chi connectivity index (χ1n) is 12.7. The minimum Gasteiger partial charge on any atom is -0.393 e. The molecule has 0 radical (unpaired) electrons. The lowest BCUT2D eigenvalue weighted by molar-refractivity contribution is -0.200. The fraction of sp³-hybridized carbons (Fsp3) is 0.769. The molecule has 0 aromatic carbocycles. The maximum Gasteiger partial charge on any atom is 0.264 e. The number of rotatable bonds is 6. The summed E-state index contributed by atoms with van der Waals surface area (Å²) in [6.45, 7) is 5.50. The number of fused-ring (bicyclic) bond motifs is 7. The van der Waals surface area contributed by atoms with Crippen LogP contribution in [0.2, 0.25) is 0 Å². The molecule has 1 heterocycles. The molecule has 0 amide bonds. The van der Waals surface area contributed by atoms with Crippen LogP contribution in [0.3, 0.4) is 0 Å². The number of aliphatic hydroxyl groups is 1. The Balaban J connectivity index is 1.53. The van der Waals surface area contributed by atoms with Gasteiger partial charge >= 0.3 is 0 Å². The van der Waals surface area contributed by atoms with Crippen LogP contribution in [0.5, 0.6) is 0 Å². The van der Waals surface area contributed by atoms with Crippen LogP contribution in [0.4, 0.5) is 0 Å². The Hall–Kier alpha value is -1.39. The van der Waals surface area contributed by atoms with E-state index in [2.05, 4.69) is 6.92 Å². The third kappa shape index (κ3) is 3.64. The summed E-state index contributed by atoms with van der Waals surface area (Å²) in [6.07, 6.45) is 8.33. The summed E-state index contributed by atoms with van der Waals surface area (Å²) in [5, 5.41) is 11.7. The zero-order chi connectivity index (χ0) is 25.4. The first-order chi connectivity index (χ1) is 16.4. The van der Waals surface area contributed by atoms with Crippen LogP contribution in [0.1, 0.15) is 59.3 Å². The molecule has 5 aliphatic rings. The van der Waals surface area contributed by atoms with Gasteiger partial charge in [0.1, 0.15) is 6.61 Å². The molecular weight excluding hydrogens is 472 g/mol. The number of carbonyl (C=O) groups excluding carboxylic acids is 2. The van der Waals surface area contributed by atoms with Crippen molar-refractivity contribution in [3.05, 3.63) is 23.8 Å². The van der Waals surface area contributed by atoms with Crippen molar-refractivity contribution in [2.24, 2.45) is 28.6 Å². The summed E-state index contributed by atoms with van der Waals surface area (Å²) < 4.78 is 41.1. The lowest BCUT2D eigenvalue weighted by Gasteiger charge is -2.59. The van der Waals surface area contributed by atoms with Crippen LogP contribution in [0.15, 0.2) is 23.8 Å². The van der Waals surface area contributed by atoms with E-state index in [9.17, 15) is 23.1 Å². The van der Waals surface area contributed by atoms with Crippen LogP contribution in [0, 0.1) is 28.6 Å². The van der Waals surface area contributed by atoms with Gasteiger partial charge in [-0.3, -0.25) is 13.8 Å². The van der Waals surface area contributed by atoms with E-state index in [1.807, 2.05) is 19.9 Å². The van der Waals surface area contributed by atoms with Gasteiger partial charge in [-0.1, -0.05) is 38.8 Å². The fourth-order valence-corrected chi connectivity index (χ4v) is 8.59. The first kappa shape index (κ1) is 25.3. The molecule has 0 spiro atoms. The van der Waals surface area contributed by atoms with E-state index < -0.39 is 57.4 Å². The molecule has 0 aromatic heterocycles. The van der Waals surface area contributed by atoms with Crippen molar-refractivity contribution >= 4 is 21.7 Å². The summed E-state index contributed by atoms with van der Waals surface area (Å²) in [7, 11) is -3.82. The van der Waals surface area contributed by atoms with Crippen LogP contribution in [-0.2, 0) is 33.4 Å². The van der Waals surface area contributed by atoms with Gasteiger partial charge in [0.2, 0.25) is 0 Å². The largest absolute Gasteiger partial charge is 0.393 e. The van der Waals surface area contributed by atoms with Crippen molar-refractivity contribution < 1.29 is 36.8 Å². The second kappa shape index (κ2) is 8.31. The maximum atomic E-state index is 13.8. The lowest BCUT2D eigenvalue weighted by atomic mass is 9.46. The van der Waals surface area contributed by atoms with Gasteiger partial charge in [-0.25, -0.2) is 0 Å². The van der Waals surface area contributed by atoms with E-state index in [0.717, 1.165) is 31.1 Å². The van der Waals surface area contributed by atoms with Gasteiger partial charge in [-0.15, -0.1) is 0 Å². The lowest BCUT2D eigenvalue weighted by Crippen LogP contribution is -2.63. The Kier molecular flexibility index (Phi) is 6.00. The molecule has 5 rings (SSSR count). The van der Waals surface area contributed by atoms with Crippen molar-refractivity contribution in [1.29, 1.82) is 0 Å². The zero-order valence-corrected chi connectivity index (χ0v) is 21.7. The minimum absolute atomic E-state index is 0.0133. The number of allylic oxidation sites excluding steroid dienone is 4. The molecule has 4 aliphatic carbocycles. The van der Waals surface area contributed by atoms with E-state index in [1.165, 1.54) is 0 Å².